The number of pyridine rings is 1. The van der Waals surface area contributed by atoms with Crippen molar-refractivity contribution in [1.29, 1.82) is 5.26 Å². The summed E-state index contributed by atoms with van der Waals surface area (Å²) in [6.07, 6.45) is 7.81. The summed E-state index contributed by atoms with van der Waals surface area (Å²) in [6, 6.07) is 8.33. The summed E-state index contributed by atoms with van der Waals surface area (Å²) in [7, 11) is 0. The molecule has 30 heavy (non-hydrogen) atoms. The molecule has 0 bridgehead atoms. The number of aryl methyl sites for hydroxylation is 3. The van der Waals surface area contributed by atoms with Crippen molar-refractivity contribution in [1.82, 2.24) is 14.8 Å². The fourth-order valence-electron chi connectivity index (χ4n) is 4.50. The highest BCUT2D eigenvalue weighted by Gasteiger charge is 2.21. The molecule has 1 amide bonds. The van der Waals surface area contributed by atoms with Gasteiger partial charge in [-0.25, -0.2) is 4.98 Å². The molecular formula is C24H27N5O. The molecule has 0 saturated heterocycles. The molecule has 1 aromatic carbocycles. The quantitative estimate of drug-likeness (QED) is 0.657. The highest BCUT2D eigenvalue weighted by Crippen LogP contribution is 2.29. The van der Waals surface area contributed by atoms with Crippen LogP contribution in [0.4, 0.5) is 5.82 Å². The van der Waals surface area contributed by atoms with Gasteiger partial charge in [0, 0.05) is 11.8 Å². The van der Waals surface area contributed by atoms with Gasteiger partial charge in [-0.2, -0.15) is 15.0 Å². The van der Waals surface area contributed by atoms with E-state index in [1.807, 2.05) is 19.9 Å². The number of anilines is 1. The van der Waals surface area contributed by atoms with Crippen molar-refractivity contribution in [3.8, 4) is 11.9 Å². The van der Waals surface area contributed by atoms with E-state index in [2.05, 4.69) is 35.5 Å². The summed E-state index contributed by atoms with van der Waals surface area (Å²) in [5, 5.41) is 18.0. The van der Waals surface area contributed by atoms with E-state index in [4.69, 9.17) is 4.98 Å². The molecule has 154 valence electrons. The number of hydrogen-bond donors (Lipinski definition) is 1. The van der Waals surface area contributed by atoms with Crippen molar-refractivity contribution in [2.24, 2.45) is 5.92 Å². The molecule has 1 aliphatic rings. The number of carbonyl (C=O) groups is 1. The van der Waals surface area contributed by atoms with Crippen molar-refractivity contribution in [3.63, 3.8) is 0 Å². The number of fused-ring (bicyclic) bond motifs is 1. The standard InChI is InChI=1S/C24H27N5O/c1-15-9-17(3)23-20(10-15)16(2)11-21(27-23)29-24(19(13-25)14-26-29)28-22(30)12-18-7-5-4-6-8-18/h9-11,14,18H,4-8,12H2,1-3H3,(H,28,30). The molecule has 3 aromatic rings. The Bertz CT molecular complexity index is 1150. The Hall–Kier alpha value is -3.20. The Morgan fingerprint density at radius 1 is 1.17 bits per heavy atom. The van der Waals surface area contributed by atoms with E-state index < -0.39 is 0 Å². The second-order valence-corrected chi connectivity index (χ2v) is 8.46. The summed E-state index contributed by atoms with van der Waals surface area (Å²) in [5.74, 6) is 1.35. The summed E-state index contributed by atoms with van der Waals surface area (Å²) in [5.41, 5.74) is 4.61. The van der Waals surface area contributed by atoms with Gasteiger partial charge in [0.15, 0.2) is 11.6 Å². The van der Waals surface area contributed by atoms with Gasteiger partial charge < -0.3 is 5.32 Å². The smallest absolute Gasteiger partial charge is 0.225 e. The monoisotopic (exact) mass is 401 g/mol. The van der Waals surface area contributed by atoms with Crippen LogP contribution in [0.3, 0.4) is 0 Å². The molecule has 0 atom stereocenters. The first-order valence-corrected chi connectivity index (χ1v) is 10.6. The fraction of sp³-hybridized carbons (Fsp3) is 0.417. The minimum absolute atomic E-state index is 0.0653. The van der Waals surface area contributed by atoms with Crippen LogP contribution in [0, 0.1) is 38.0 Å². The normalized spacial score (nSPS) is 14.6. The highest BCUT2D eigenvalue weighted by atomic mass is 16.1. The number of aromatic nitrogens is 3. The van der Waals surface area contributed by atoms with Gasteiger partial charge in [-0.1, -0.05) is 30.9 Å². The lowest BCUT2D eigenvalue weighted by Crippen LogP contribution is -2.20. The molecule has 6 nitrogen and oxygen atoms in total. The van der Waals surface area contributed by atoms with Gasteiger partial charge in [-0.05, 0) is 62.8 Å². The summed E-state index contributed by atoms with van der Waals surface area (Å²) in [6.45, 7) is 6.16. The second kappa shape index (κ2) is 8.27. The van der Waals surface area contributed by atoms with Gasteiger partial charge in [0.25, 0.3) is 0 Å². The van der Waals surface area contributed by atoms with E-state index in [9.17, 15) is 10.1 Å². The van der Waals surface area contributed by atoms with Crippen LogP contribution in [0.25, 0.3) is 16.7 Å². The van der Waals surface area contributed by atoms with Crippen LogP contribution in [0.5, 0.6) is 0 Å². The van der Waals surface area contributed by atoms with Gasteiger partial charge in [-0.15, -0.1) is 0 Å². The molecule has 0 spiro atoms. The lowest BCUT2D eigenvalue weighted by atomic mass is 9.87. The number of nitrogens with zero attached hydrogens (tertiary/aromatic N) is 4. The van der Waals surface area contributed by atoms with Crippen LogP contribution in [-0.2, 0) is 4.79 Å². The number of hydrogen-bond acceptors (Lipinski definition) is 4. The van der Waals surface area contributed by atoms with Gasteiger partial charge in [0.1, 0.15) is 11.6 Å². The topological polar surface area (TPSA) is 83.6 Å². The first-order chi connectivity index (χ1) is 14.5. The Kier molecular flexibility index (Phi) is 5.54. The van der Waals surface area contributed by atoms with Gasteiger partial charge in [-0.3, -0.25) is 4.79 Å². The van der Waals surface area contributed by atoms with E-state index in [0.29, 0.717) is 29.5 Å². The van der Waals surface area contributed by atoms with E-state index in [1.54, 1.807) is 4.68 Å². The van der Waals surface area contributed by atoms with Crippen molar-refractivity contribution in [2.75, 3.05) is 5.32 Å². The Labute approximate surface area is 176 Å². The maximum absolute atomic E-state index is 12.7. The molecule has 6 heteroatoms. The first kappa shape index (κ1) is 20.1. The average molecular weight is 402 g/mol. The second-order valence-electron chi connectivity index (χ2n) is 8.46. The van der Waals surface area contributed by atoms with E-state index in [1.165, 1.54) is 31.0 Å². The van der Waals surface area contributed by atoms with Crippen LogP contribution in [0.2, 0.25) is 0 Å². The Morgan fingerprint density at radius 3 is 2.67 bits per heavy atom. The van der Waals surface area contributed by atoms with Crippen LogP contribution in [0.15, 0.2) is 24.4 Å². The number of benzene rings is 1. The molecule has 2 heterocycles. The lowest BCUT2D eigenvalue weighted by Gasteiger charge is -2.21. The summed E-state index contributed by atoms with van der Waals surface area (Å²) in [4.78, 5) is 17.5. The summed E-state index contributed by atoms with van der Waals surface area (Å²) < 4.78 is 1.57. The predicted molar refractivity (Wildman–Crippen MR) is 118 cm³/mol. The molecular weight excluding hydrogens is 374 g/mol. The zero-order chi connectivity index (χ0) is 21.3. The zero-order valence-corrected chi connectivity index (χ0v) is 17.8. The average Bonchev–Trinajstić information content (AvgIpc) is 3.11. The summed E-state index contributed by atoms with van der Waals surface area (Å²) >= 11 is 0. The van der Waals surface area contributed by atoms with Gasteiger partial charge in [0.2, 0.25) is 5.91 Å². The van der Waals surface area contributed by atoms with E-state index in [0.717, 1.165) is 34.9 Å². The molecule has 0 radical (unpaired) electrons. The third kappa shape index (κ3) is 3.93. The van der Waals surface area contributed by atoms with Crippen LogP contribution in [-0.4, -0.2) is 20.7 Å². The molecule has 0 unspecified atom stereocenters. The number of carbonyl (C=O) groups excluding carboxylic acids is 1. The molecule has 1 aliphatic carbocycles. The van der Waals surface area contributed by atoms with E-state index >= 15 is 0 Å². The van der Waals surface area contributed by atoms with Crippen LogP contribution < -0.4 is 5.32 Å². The largest absolute Gasteiger partial charge is 0.309 e. The van der Waals surface area contributed by atoms with Crippen LogP contribution in [0.1, 0.15) is 60.8 Å². The molecule has 0 aliphatic heterocycles. The maximum Gasteiger partial charge on any atom is 0.225 e. The lowest BCUT2D eigenvalue weighted by molar-refractivity contribution is -0.117. The number of nitriles is 1. The molecule has 1 N–H and O–H groups in total. The van der Waals surface area contributed by atoms with Crippen LogP contribution >= 0.6 is 0 Å². The first-order valence-electron chi connectivity index (χ1n) is 10.6. The van der Waals surface area contributed by atoms with Crippen molar-refractivity contribution >= 4 is 22.6 Å². The Morgan fingerprint density at radius 2 is 1.93 bits per heavy atom. The molecule has 2 aromatic heterocycles. The SMILES string of the molecule is Cc1cc(C)c2nc(-n3ncc(C#N)c3NC(=O)CC3CCCCC3)cc(C)c2c1. The van der Waals surface area contributed by atoms with Crippen molar-refractivity contribution in [2.45, 2.75) is 59.3 Å². The van der Waals surface area contributed by atoms with Gasteiger partial charge in [0.05, 0.1) is 11.7 Å². The number of rotatable bonds is 4. The molecule has 1 fully saturated rings. The minimum atomic E-state index is -0.0653. The van der Waals surface area contributed by atoms with Crippen molar-refractivity contribution < 1.29 is 4.79 Å². The third-order valence-electron chi connectivity index (χ3n) is 6.00. The fourth-order valence-corrected chi connectivity index (χ4v) is 4.50. The molecule has 1 saturated carbocycles. The molecule has 4 rings (SSSR count). The van der Waals surface area contributed by atoms with Crippen molar-refractivity contribution in [3.05, 3.63) is 46.6 Å². The number of amides is 1. The zero-order valence-electron chi connectivity index (χ0n) is 17.8. The highest BCUT2D eigenvalue weighted by molar-refractivity contribution is 5.92. The maximum atomic E-state index is 12.7. The number of nitrogens with one attached hydrogen (secondary N) is 1. The predicted octanol–water partition coefficient (Wildman–Crippen LogP) is 5.13. The van der Waals surface area contributed by atoms with E-state index in [-0.39, 0.29) is 5.91 Å². The van der Waals surface area contributed by atoms with Gasteiger partial charge >= 0.3 is 0 Å². The third-order valence-corrected chi connectivity index (χ3v) is 6.00. The Balaban J connectivity index is 1.69. The minimum Gasteiger partial charge on any atom is -0.309 e.